The Morgan fingerprint density at radius 3 is 2.69 bits per heavy atom. The first-order chi connectivity index (χ1) is 7.68. The van der Waals surface area contributed by atoms with Crippen molar-refractivity contribution in [3.8, 4) is 0 Å². The molecule has 0 saturated heterocycles. The fraction of sp³-hybridized carbons (Fsp3) is 0.250. The van der Waals surface area contributed by atoms with E-state index in [2.05, 4.69) is 27.8 Å². The van der Waals surface area contributed by atoms with Gasteiger partial charge in [0.15, 0.2) is 0 Å². The minimum Gasteiger partial charge on any atom is -0.367 e. The van der Waals surface area contributed by atoms with Crippen LogP contribution in [0.25, 0.3) is 0 Å². The van der Waals surface area contributed by atoms with Crippen LogP contribution in [0.1, 0.15) is 5.56 Å². The van der Waals surface area contributed by atoms with Gasteiger partial charge in [-0.2, -0.15) is 0 Å². The van der Waals surface area contributed by atoms with E-state index in [9.17, 15) is 4.79 Å². The molecule has 0 heterocycles. The molecule has 3 nitrogen and oxygen atoms in total. The van der Waals surface area contributed by atoms with Crippen LogP contribution in [-0.4, -0.2) is 19.1 Å². The van der Waals surface area contributed by atoms with E-state index < -0.39 is 0 Å². The first-order valence-electron chi connectivity index (χ1n) is 4.90. The minimum atomic E-state index is -0.142. The van der Waals surface area contributed by atoms with Gasteiger partial charge in [-0.05, 0) is 5.56 Å². The molecule has 1 rings (SSSR count). The molecule has 0 unspecified atom stereocenters. The maximum Gasteiger partial charge on any atom is 0.246 e. The fourth-order valence-corrected chi connectivity index (χ4v) is 1.22. The molecule has 0 atom stereocenters. The van der Waals surface area contributed by atoms with E-state index in [-0.39, 0.29) is 12.5 Å². The number of benzene rings is 1. The maximum absolute atomic E-state index is 11.2. The molecule has 0 aliphatic rings. The van der Waals surface area contributed by atoms with E-state index in [4.69, 9.17) is 4.74 Å². The van der Waals surface area contributed by atoms with Gasteiger partial charge in [-0.25, -0.2) is 0 Å². The normalized spacial score (nSPS) is 9.81. The number of carbonyl (C=O) groups is 1. The summed E-state index contributed by atoms with van der Waals surface area (Å²) >= 11 is 3.16. The van der Waals surface area contributed by atoms with Crippen molar-refractivity contribution in [3.05, 3.63) is 47.0 Å². The molecule has 4 heteroatoms. The summed E-state index contributed by atoms with van der Waals surface area (Å²) in [6, 6.07) is 9.73. The summed E-state index contributed by atoms with van der Waals surface area (Å²) in [7, 11) is 0. The SMILES string of the molecule is C=C(Br)CNC(=O)COCc1ccccc1. The van der Waals surface area contributed by atoms with Crippen LogP contribution >= 0.6 is 15.9 Å². The summed E-state index contributed by atoms with van der Waals surface area (Å²) in [4.78, 5) is 11.2. The lowest BCUT2D eigenvalue weighted by Crippen LogP contribution is -2.28. The van der Waals surface area contributed by atoms with Gasteiger partial charge in [-0.3, -0.25) is 4.79 Å². The first-order valence-corrected chi connectivity index (χ1v) is 5.69. The summed E-state index contributed by atoms with van der Waals surface area (Å²) in [6.45, 7) is 4.55. The van der Waals surface area contributed by atoms with Crippen LogP contribution in [0.5, 0.6) is 0 Å². The molecule has 0 bridgehead atoms. The van der Waals surface area contributed by atoms with E-state index in [0.29, 0.717) is 13.2 Å². The number of carbonyl (C=O) groups excluding carboxylic acids is 1. The Kier molecular flexibility index (Phi) is 5.82. The number of halogens is 1. The van der Waals surface area contributed by atoms with Crippen LogP contribution < -0.4 is 5.32 Å². The average Bonchev–Trinajstić information content (AvgIpc) is 2.28. The number of hydrogen-bond acceptors (Lipinski definition) is 2. The second-order valence-corrected chi connectivity index (χ2v) is 4.39. The molecular formula is C12H14BrNO2. The second kappa shape index (κ2) is 7.19. The number of ether oxygens (including phenoxy) is 1. The number of amides is 1. The lowest BCUT2D eigenvalue weighted by Gasteiger charge is -2.05. The Balaban J connectivity index is 2.16. The summed E-state index contributed by atoms with van der Waals surface area (Å²) in [5.74, 6) is -0.142. The molecule has 0 aromatic heterocycles. The predicted molar refractivity (Wildman–Crippen MR) is 67.2 cm³/mol. The topological polar surface area (TPSA) is 38.3 Å². The van der Waals surface area contributed by atoms with Gasteiger partial charge >= 0.3 is 0 Å². The average molecular weight is 284 g/mol. The van der Waals surface area contributed by atoms with Crippen LogP contribution in [-0.2, 0) is 16.1 Å². The van der Waals surface area contributed by atoms with Gasteiger partial charge in [0.1, 0.15) is 6.61 Å². The third-order valence-electron chi connectivity index (χ3n) is 1.82. The zero-order valence-electron chi connectivity index (χ0n) is 8.91. The quantitative estimate of drug-likeness (QED) is 0.870. The van der Waals surface area contributed by atoms with Crippen molar-refractivity contribution in [3.63, 3.8) is 0 Å². The van der Waals surface area contributed by atoms with E-state index >= 15 is 0 Å². The standard InChI is InChI=1S/C12H14BrNO2/c1-10(13)7-14-12(15)9-16-8-11-5-3-2-4-6-11/h2-6H,1,7-9H2,(H,14,15). The zero-order valence-corrected chi connectivity index (χ0v) is 10.5. The second-order valence-electron chi connectivity index (χ2n) is 3.27. The third kappa shape index (κ3) is 5.68. The summed E-state index contributed by atoms with van der Waals surface area (Å²) < 4.78 is 6.00. The van der Waals surface area contributed by atoms with Gasteiger partial charge in [0.2, 0.25) is 5.91 Å². The molecule has 1 amide bonds. The number of hydrogen-bond donors (Lipinski definition) is 1. The van der Waals surface area contributed by atoms with Gasteiger partial charge in [-0.1, -0.05) is 52.8 Å². The van der Waals surface area contributed by atoms with Crippen molar-refractivity contribution in [2.24, 2.45) is 0 Å². The fourth-order valence-electron chi connectivity index (χ4n) is 1.08. The number of nitrogens with one attached hydrogen (secondary N) is 1. The Morgan fingerprint density at radius 1 is 1.38 bits per heavy atom. The summed E-state index contributed by atoms with van der Waals surface area (Å²) in [5, 5.41) is 2.66. The minimum absolute atomic E-state index is 0.0647. The highest BCUT2D eigenvalue weighted by Gasteiger charge is 2.00. The predicted octanol–water partition coefficient (Wildman–Crippen LogP) is 2.23. The van der Waals surface area contributed by atoms with Crippen molar-refractivity contribution in [1.29, 1.82) is 0 Å². The van der Waals surface area contributed by atoms with Crippen molar-refractivity contribution in [2.45, 2.75) is 6.61 Å². The van der Waals surface area contributed by atoms with E-state index in [1.54, 1.807) is 0 Å². The maximum atomic E-state index is 11.2. The molecule has 1 aromatic rings. The van der Waals surface area contributed by atoms with Gasteiger partial charge in [0.05, 0.1) is 6.61 Å². The van der Waals surface area contributed by atoms with Crippen LogP contribution in [0.2, 0.25) is 0 Å². The van der Waals surface area contributed by atoms with E-state index in [0.717, 1.165) is 10.0 Å². The van der Waals surface area contributed by atoms with Crippen LogP contribution in [0.3, 0.4) is 0 Å². The Labute approximate surface area is 104 Å². The molecule has 0 radical (unpaired) electrons. The monoisotopic (exact) mass is 283 g/mol. The van der Waals surface area contributed by atoms with Gasteiger partial charge < -0.3 is 10.1 Å². The molecule has 1 N–H and O–H groups in total. The summed E-state index contributed by atoms with van der Waals surface area (Å²) in [6.07, 6.45) is 0. The molecule has 0 spiro atoms. The molecular weight excluding hydrogens is 270 g/mol. The Hall–Kier alpha value is -1.13. The molecule has 0 fully saturated rings. The van der Waals surface area contributed by atoms with Crippen LogP contribution in [0, 0.1) is 0 Å². The molecule has 0 aliphatic heterocycles. The zero-order chi connectivity index (χ0) is 11.8. The smallest absolute Gasteiger partial charge is 0.246 e. The molecule has 16 heavy (non-hydrogen) atoms. The third-order valence-corrected chi connectivity index (χ3v) is 2.10. The van der Waals surface area contributed by atoms with E-state index in [1.165, 1.54) is 0 Å². The van der Waals surface area contributed by atoms with Crippen LogP contribution in [0.15, 0.2) is 41.4 Å². The largest absolute Gasteiger partial charge is 0.367 e. The van der Waals surface area contributed by atoms with Crippen molar-refractivity contribution in [1.82, 2.24) is 5.32 Å². The number of rotatable bonds is 6. The Bertz CT molecular complexity index is 351. The first kappa shape index (κ1) is 12.9. The highest BCUT2D eigenvalue weighted by molar-refractivity contribution is 9.11. The molecule has 86 valence electrons. The molecule has 0 saturated carbocycles. The molecule has 0 aliphatic carbocycles. The van der Waals surface area contributed by atoms with Gasteiger partial charge in [0.25, 0.3) is 0 Å². The van der Waals surface area contributed by atoms with Gasteiger partial charge in [-0.15, -0.1) is 0 Å². The van der Waals surface area contributed by atoms with Crippen molar-refractivity contribution in [2.75, 3.05) is 13.2 Å². The van der Waals surface area contributed by atoms with Crippen LogP contribution in [0.4, 0.5) is 0 Å². The molecule has 1 aromatic carbocycles. The van der Waals surface area contributed by atoms with Gasteiger partial charge in [0, 0.05) is 11.0 Å². The summed E-state index contributed by atoms with van der Waals surface area (Å²) in [5.41, 5.74) is 1.06. The van der Waals surface area contributed by atoms with Crippen molar-refractivity contribution >= 4 is 21.8 Å². The Morgan fingerprint density at radius 2 is 2.06 bits per heavy atom. The lowest BCUT2D eigenvalue weighted by molar-refractivity contribution is -0.125. The van der Waals surface area contributed by atoms with Crippen molar-refractivity contribution < 1.29 is 9.53 Å². The lowest BCUT2D eigenvalue weighted by atomic mass is 10.2. The highest BCUT2D eigenvalue weighted by atomic mass is 79.9. The highest BCUT2D eigenvalue weighted by Crippen LogP contribution is 2.00. The van der Waals surface area contributed by atoms with E-state index in [1.807, 2.05) is 30.3 Å².